The highest BCUT2D eigenvalue weighted by molar-refractivity contribution is 6.38. The van der Waals surface area contributed by atoms with E-state index in [1.807, 2.05) is 24.3 Å². The zero-order valence-electron chi connectivity index (χ0n) is 15.3. The van der Waals surface area contributed by atoms with Crippen molar-refractivity contribution in [1.29, 1.82) is 0 Å². The molecule has 150 valence electrons. The van der Waals surface area contributed by atoms with Crippen molar-refractivity contribution in [2.45, 2.75) is 6.54 Å². The van der Waals surface area contributed by atoms with E-state index < -0.39 is 0 Å². The fourth-order valence-electron chi connectivity index (χ4n) is 3.44. The van der Waals surface area contributed by atoms with Crippen LogP contribution in [-0.4, -0.2) is 46.5 Å². The summed E-state index contributed by atoms with van der Waals surface area (Å²) in [5, 5.41) is 1.63. The van der Waals surface area contributed by atoms with Crippen molar-refractivity contribution in [3.8, 4) is 0 Å². The lowest BCUT2D eigenvalue weighted by molar-refractivity contribution is -0.132. The Morgan fingerprint density at radius 3 is 2.48 bits per heavy atom. The van der Waals surface area contributed by atoms with Crippen LogP contribution >= 0.6 is 34.8 Å². The van der Waals surface area contributed by atoms with Gasteiger partial charge in [-0.2, -0.15) is 0 Å². The van der Waals surface area contributed by atoms with Gasteiger partial charge in [0.15, 0.2) is 0 Å². The number of anilines is 1. The topological polar surface area (TPSA) is 58.4 Å². The van der Waals surface area contributed by atoms with Gasteiger partial charge < -0.3 is 9.80 Å². The zero-order valence-corrected chi connectivity index (χ0v) is 17.6. The Bertz CT molecular complexity index is 1140. The molecule has 29 heavy (non-hydrogen) atoms. The number of hydrogen-bond acceptors (Lipinski definition) is 4. The van der Waals surface area contributed by atoms with Crippen LogP contribution in [-0.2, 0) is 11.3 Å². The van der Waals surface area contributed by atoms with Crippen molar-refractivity contribution in [3.63, 3.8) is 0 Å². The summed E-state index contributed by atoms with van der Waals surface area (Å²) in [7, 11) is 0. The molecule has 4 rings (SSSR count). The minimum atomic E-state index is -0.342. The predicted molar refractivity (Wildman–Crippen MR) is 116 cm³/mol. The number of benzene rings is 2. The molecule has 1 aliphatic heterocycles. The molecule has 1 aliphatic rings. The fourth-order valence-corrected chi connectivity index (χ4v) is 4.17. The normalized spacial score (nSPS) is 14.4. The van der Waals surface area contributed by atoms with E-state index >= 15 is 0 Å². The minimum Gasteiger partial charge on any atom is -0.368 e. The Morgan fingerprint density at radius 1 is 1.00 bits per heavy atom. The first kappa shape index (κ1) is 20.0. The van der Waals surface area contributed by atoms with Crippen LogP contribution in [0.5, 0.6) is 0 Å². The summed E-state index contributed by atoms with van der Waals surface area (Å²) in [6, 6.07) is 10.7. The van der Waals surface area contributed by atoms with Crippen molar-refractivity contribution in [2.75, 3.05) is 31.1 Å². The first-order chi connectivity index (χ1) is 13.9. The van der Waals surface area contributed by atoms with Crippen LogP contribution in [0.25, 0.3) is 10.9 Å². The maximum atomic E-state index is 12.7. The molecule has 2 aromatic carbocycles. The van der Waals surface area contributed by atoms with Crippen LogP contribution in [0.15, 0.2) is 47.5 Å². The summed E-state index contributed by atoms with van der Waals surface area (Å²) in [5.41, 5.74) is 1.07. The Hall–Kier alpha value is -2.28. The van der Waals surface area contributed by atoms with Crippen LogP contribution in [0, 0.1) is 0 Å². The largest absolute Gasteiger partial charge is 0.368 e. The molecule has 0 spiro atoms. The quantitative estimate of drug-likeness (QED) is 0.609. The van der Waals surface area contributed by atoms with Crippen molar-refractivity contribution in [3.05, 3.63) is 68.1 Å². The van der Waals surface area contributed by atoms with E-state index in [0.717, 1.165) is 5.69 Å². The van der Waals surface area contributed by atoms with E-state index in [4.69, 9.17) is 34.8 Å². The molecular formula is C20H17Cl3N4O2. The molecule has 1 fully saturated rings. The Labute approximate surface area is 182 Å². The third kappa shape index (κ3) is 4.20. The van der Waals surface area contributed by atoms with Crippen LogP contribution in [0.3, 0.4) is 0 Å². The van der Waals surface area contributed by atoms with Gasteiger partial charge in [-0.1, -0.05) is 40.9 Å². The van der Waals surface area contributed by atoms with E-state index in [1.54, 1.807) is 4.90 Å². The molecule has 9 heteroatoms. The number of fused-ring (bicyclic) bond motifs is 1. The Balaban J connectivity index is 1.46. The number of amides is 1. The number of nitrogens with zero attached hydrogens (tertiary/aromatic N) is 4. The number of rotatable bonds is 3. The van der Waals surface area contributed by atoms with Crippen LogP contribution < -0.4 is 10.5 Å². The Kier molecular flexibility index (Phi) is 5.67. The van der Waals surface area contributed by atoms with Gasteiger partial charge in [0.05, 0.1) is 22.3 Å². The molecule has 2 heterocycles. The first-order valence-corrected chi connectivity index (χ1v) is 10.2. The lowest BCUT2D eigenvalue weighted by atomic mass is 10.2. The molecule has 0 aliphatic carbocycles. The summed E-state index contributed by atoms with van der Waals surface area (Å²) < 4.78 is 1.29. The summed E-state index contributed by atoms with van der Waals surface area (Å²) in [5.74, 6) is -0.132. The second-order valence-electron chi connectivity index (χ2n) is 6.81. The molecule has 0 atom stereocenters. The standard InChI is InChI=1S/C20H17Cl3N4O2/c21-13-2-1-3-15(8-13)25-4-6-26(7-5-25)18(28)11-27-12-24-19-16(20(27)29)9-14(22)10-17(19)23/h1-3,8-10,12H,4-7,11H2. The van der Waals surface area contributed by atoms with Gasteiger partial charge in [-0.15, -0.1) is 0 Å². The van der Waals surface area contributed by atoms with Crippen LogP contribution in [0.4, 0.5) is 5.69 Å². The number of carbonyl (C=O) groups excluding carboxylic acids is 1. The van der Waals surface area contributed by atoms with Crippen molar-refractivity contribution < 1.29 is 4.79 Å². The predicted octanol–water partition coefficient (Wildman–Crippen LogP) is 3.71. The smallest absolute Gasteiger partial charge is 0.261 e. The molecule has 1 aromatic heterocycles. The highest BCUT2D eigenvalue weighted by Crippen LogP contribution is 2.24. The average molecular weight is 452 g/mol. The van der Waals surface area contributed by atoms with Crippen molar-refractivity contribution >= 4 is 57.3 Å². The van der Waals surface area contributed by atoms with Gasteiger partial charge in [-0.05, 0) is 30.3 Å². The zero-order chi connectivity index (χ0) is 20.5. The van der Waals surface area contributed by atoms with Gasteiger partial charge in [-0.25, -0.2) is 4.98 Å². The molecule has 0 saturated carbocycles. The number of carbonyl (C=O) groups is 1. The fraction of sp³-hybridized carbons (Fsp3) is 0.250. The molecule has 6 nitrogen and oxygen atoms in total. The second-order valence-corrected chi connectivity index (χ2v) is 8.09. The highest BCUT2D eigenvalue weighted by Gasteiger charge is 2.22. The molecule has 0 bridgehead atoms. The van der Waals surface area contributed by atoms with Gasteiger partial charge in [0, 0.05) is 41.9 Å². The highest BCUT2D eigenvalue weighted by atomic mass is 35.5. The minimum absolute atomic E-state index is 0.0803. The lowest BCUT2D eigenvalue weighted by Gasteiger charge is -2.36. The number of aromatic nitrogens is 2. The third-order valence-electron chi connectivity index (χ3n) is 4.96. The van der Waals surface area contributed by atoms with Gasteiger partial charge >= 0.3 is 0 Å². The van der Waals surface area contributed by atoms with E-state index in [2.05, 4.69) is 9.88 Å². The Morgan fingerprint density at radius 2 is 1.76 bits per heavy atom. The summed E-state index contributed by atoms with van der Waals surface area (Å²) >= 11 is 18.2. The second kappa shape index (κ2) is 8.22. The average Bonchev–Trinajstić information content (AvgIpc) is 2.70. The van der Waals surface area contributed by atoms with Crippen LogP contribution in [0.1, 0.15) is 0 Å². The van der Waals surface area contributed by atoms with E-state index in [-0.39, 0.29) is 18.0 Å². The molecular weight excluding hydrogens is 435 g/mol. The number of hydrogen-bond donors (Lipinski definition) is 0. The van der Waals surface area contributed by atoms with Gasteiger partial charge in [-0.3, -0.25) is 14.2 Å². The maximum Gasteiger partial charge on any atom is 0.261 e. The summed E-state index contributed by atoms with van der Waals surface area (Å²) in [6.07, 6.45) is 1.35. The van der Waals surface area contributed by atoms with E-state index in [0.29, 0.717) is 52.1 Å². The monoisotopic (exact) mass is 450 g/mol. The molecule has 1 amide bonds. The molecule has 0 unspecified atom stereocenters. The summed E-state index contributed by atoms with van der Waals surface area (Å²) in [4.78, 5) is 33.6. The van der Waals surface area contributed by atoms with Gasteiger partial charge in [0.2, 0.25) is 5.91 Å². The molecule has 3 aromatic rings. The molecule has 0 N–H and O–H groups in total. The first-order valence-electron chi connectivity index (χ1n) is 9.05. The van der Waals surface area contributed by atoms with E-state index in [1.165, 1.54) is 23.0 Å². The molecule has 0 radical (unpaired) electrons. The number of piperazine rings is 1. The van der Waals surface area contributed by atoms with Crippen molar-refractivity contribution in [2.24, 2.45) is 0 Å². The molecule has 1 saturated heterocycles. The third-order valence-corrected chi connectivity index (χ3v) is 5.70. The van der Waals surface area contributed by atoms with E-state index in [9.17, 15) is 9.59 Å². The maximum absolute atomic E-state index is 12.7. The SMILES string of the molecule is O=C(Cn1cnc2c(Cl)cc(Cl)cc2c1=O)N1CCN(c2cccc(Cl)c2)CC1. The summed E-state index contributed by atoms with van der Waals surface area (Å²) in [6.45, 7) is 2.45. The van der Waals surface area contributed by atoms with Crippen molar-refractivity contribution in [1.82, 2.24) is 14.5 Å². The number of halogens is 3. The van der Waals surface area contributed by atoms with Crippen LogP contribution in [0.2, 0.25) is 15.1 Å². The lowest BCUT2D eigenvalue weighted by Crippen LogP contribution is -2.50. The van der Waals surface area contributed by atoms with Gasteiger partial charge in [0.1, 0.15) is 6.54 Å². The van der Waals surface area contributed by atoms with Gasteiger partial charge in [0.25, 0.3) is 5.56 Å².